The average Bonchev–Trinajstić information content (AvgIpc) is 2.81. The van der Waals surface area contributed by atoms with Crippen LogP contribution >= 0.6 is 11.6 Å². The molecule has 1 fully saturated rings. The largest absolute Gasteiger partial charge is 0.312 e. The van der Waals surface area contributed by atoms with Crippen molar-refractivity contribution in [2.75, 3.05) is 12.4 Å². The summed E-state index contributed by atoms with van der Waals surface area (Å²) in [6.45, 7) is 4.19. The second kappa shape index (κ2) is 5.88. The Balaban J connectivity index is 1.85. The lowest BCUT2D eigenvalue weighted by Gasteiger charge is -2.26. The molecule has 1 aliphatic carbocycles. The number of benzene rings is 1. The lowest BCUT2D eigenvalue weighted by molar-refractivity contribution is 0.320. The van der Waals surface area contributed by atoms with E-state index in [1.165, 1.54) is 36.8 Å². The Hall–Kier alpha value is -0.530. The lowest BCUT2D eigenvalue weighted by Crippen LogP contribution is -2.33. The lowest BCUT2D eigenvalue weighted by atomic mass is 9.88. The molecule has 0 aliphatic heterocycles. The van der Waals surface area contributed by atoms with Crippen molar-refractivity contribution in [2.45, 2.75) is 39.2 Å². The summed E-state index contributed by atoms with van der Waals surface area (Å²) in [6, 6.07) is 8.57. The molecule has 2 heteroatoms. The van der Waals surface area contributed by atoms with Crippen LogP contribution in [0, 0.1) is 12.3 Å². The van der Waals surface area contributed by atoms with E-state index < -0.39 is 0 Å². The first-order chi connectivity index (χ1) is 8.26. The Morgan fingerprint density at radius 2 is 1.94 bits per heavy atom. The van der Waals surface area contributed by atoms with Crippen molar-refractivity contribution < 1.29 is 0 Å². The first-order valence-corrected chi connectivity index (χ1v) is 7.10. The quantitative estimate of drug-likeness (QED) is 0.783. The first-order valence-electron chi connectivity index (χ1n) is 6.57. The fraction of sp³-hybridized carbons (Fsp3) is 0.600. The van der Waals surface area contributed by atoms with Crippen LogP contribution in [0.4, 0.5) is 0 Å². The highest BCUT2D eigenvalue weighted by atomic mass is 35.5. The zero-order chi connectivity index (χ0) is 12.1. The van der Waals surface area contributed by atoms with Crippen molar-refractivity contribution in [1.82, 2.24) is 5.32 Å². The smallest absolute Gasteiger partial charge is 0.0292 e. The molecule has 1 saturated carbocycles. The molecular weight excluding hydrogens is 230 g/mol. The van der Waals surface area contributed by atoms with E-state index in [0.717, 1.165) is 19.0 Å². The minimum Gasteiger partial charge on any atom is -0.312 e. The molecule has 0 aromatic heterocycles. The van der Waals surface area contributed by atoms with Crippen LogP contribution in [0.15, 0.2) is 24.3 Å². The normalized spacial score (nSPS) is 18.5. The van der Waals surface area contributed by atoms with Crippen molar-refractivity contribution >= 4 is 11.6 Å². The van der Waals surface area contributed by atoms with Gasteiger partial charge in [0.25, 0.3) is 0 Å². The third-order valence-electron chi connectivity index (χ3n) is 4.02. The molecule has 0 radical (unpaired) electrons. The highest BCUT2D eigenvalue weighted by molar-refractivity contribution is 6.18. The fourth-order valence-corrected chi connectivity index (χ4v) is 3.12. The number of alkyl halides is 1. The van der Waals surface area contributed by atoms with E-state index in [0.29, 0.717) is 5.41 Å². The van der Waals surface area contributed by atoms with Gasteiger partial charge in [-0.15, -0.1) is 11.6 Å². The molecule has 17 heavy (non-hydrogen) atoms. The first kappa shape index (κ1) is 12.9. The average molecular weight is 252 g/mol. The summed E-state index contributed by atoms with van der Waals surface area (Å²) < 4.78 is 0. The van der Waals surface area contributed by atoms with Crippen LogP contribution in [0.25, 0.3) is 0 Å². The summed E-state index contributed by atoms with van der Waals surface area (Å²) in [5.74, 6) is 0.799. The molecule has 0 unspecified atom stereocenters. The summed E-state index contributed by atoms with van der Waals surface area (Å²) in [7, 11) is 0. The van der Waals surface area contributed by atoms with Gasteiger partial charge in [-0.3, -0.25) is 0 Å². The molecule has 1 aromatic carbocycles. The van der Waals surface area contributed by atoms with Gasteiger partial charge in [-0.1, -0.05) is 37.1 Å². The van der Waals surface area contributed by atoms with Crippen molar-refractivity contribution in [3.05, 3.63) is 35.4 Å². The molecule has 0 saturated heterocycles. The third kappa shape index (κ3) is 3.23. The zero-order valence-electron chi connectivity index (χ0n) is 10.6. The number of rotatable bonds is 5. The van der Waals surface area contributed by atoms with E-state index in [-0.39, 0.29) is 0 Å². The highest BCUT2D eigenvalue weighted by Crippen LogP contribution is 2.38. The van der Waals surface area contributed by atoms with Crippen molar-refractivity contribution in [3.8, 4) is 0 Å². The second-order valence-electron chi connectivity index (χ2n) is 5.37. The molecule has 1 aliphatic rings. The molecule has 0 heterocycles. The maximum absolute atomic E-state index is 6.14. The van der Waals surface area contributed by atoms with Crippen LogP contribution in [0.2, 0.25) is 0 Å². The number of halogens is 1. The Morgan fingerprint density at radius 1 is 1.24 bits per heavy atom. The predicted octanol–water partition coefficient (Wildman–Crippen LogP) is 3.88. The molecule has 0 spiro atoms. The van der Waals surface area contributed by atoms with Crippen LogP contribution in [0.1, 0.15) is 36.8 Å². The Bertz CT molecular complexity index is 356. The number of nitrogens with one attached hydrogen (secondary N) is 1. The molecule has 0 bridgehead atoms. The monoisotopic (exact) mass is 251 g/mol. The zero-order valence-corrected chi connectivity index (χ0v) is 11.4. The van der Waals surface area contributed by atoms with E-state index in [1.54, 1.807) is 0 Å². The molecule has 94 valence electrons. The molecular formula is C15H22ClN. The SMILES string of the molecule is Cc1ccccc1CNCC1(CCl)CCCC1. The van der Waals surface area contributed by atoms with Crippen LogP contribution in [-0.4, -0.2) is 12.4 Å². The summed E-state index contributed by atoms with van der Waals surface area (Å²) in [5.41, 5.74) is 3.13. The Morgan fingerprint density at radius 3 is 2.59 bits per heavy atom. The highest BCUT2D eigenvalue weighted by Gasteiger charge is 2.32. The maximum Gasteiger partial charge on any atom is 0.0292 e. The van der Waals surface area contributed by atoms with E-state index in [1.807, 2.05) is 0 Å². The standard InChI is InChI=1S/C15H22ClN/c1-13-6-2-3-7-14(13)10-17-12-15(11-16)8-4-5-9-15/h2-3,6-7,17H,4-5,8-12H2,1H3. The van der Waals surface area contributed by atoms with Gasteiger partial charge in [-0.05, 0) is 36.3 Å². The molecule has 1 N–H and O–H groups in total. The van der Waals surface area contributed by atoms with Crippen molar-refractivity contribution in [1.29, 1.82) is 0 Å². The van der Waals surface area contributed by atoms with Crippen molar-refractivity contribution in [3.63, 3.8) is 0 Å². The molecule has 2 rings (SSSR count). The maximum atomic E-state index is 6.14. The van der Waals surface area contributed by atoms with Gasteiger partial charge in [0.1, 0.15) is 0 Å². The molecule has 0 atom stereocenters. The van der Waals surface area contributed by atoms with Gasteiger partial charge in [0.15, 0.2) is 0 Å². The Labute approximate surface area is 110 Å². The van der Waals surface area contributed by atoms with Crippen molar-refractivity contribution in [2.24, 2.45) is 5.41 Å². The van der Waals surface area contributed by atoms with Crippen LogP contribution in [0.3, 0.4) is 0 Å². The number of hydrogen-bond donors (Lipinski definition) is 1. The van der Waals surface area contributed by atoms with E-state index in [2.05, 4.69) is 36.5 Å². The molecule has 0 amide bonds. The van der Waals surface area contributed by atoms with Gasteiger partial charge in [-0.25, -0.2) is 0 Å². The third-order valence-corrected chi connectivity index (χ3v) is 4.59. The van der Waals surface area contributed by atoms with Gasteiger partial charge in [-0.2, -0.15) is 0 Å². The molecule has 1 aromatic rings. The predicted molar refractivity (Wildman–Crippen MR) is 74.5 cm³/mol. The molecule has 1 nitrogen and oxygen atoms in total. The van der Waals surface area contributed by atoms with Crippen LogP contribution < -0.4 is 5.32 Å². The van der Waals surface area contributed by atoms with Crippen LogP contribution in [-0.2, 0) is 6.54 Å². The topological polar surface area (TPSA) is 12.0 Å². The van der Waals surface area contributed by atoms with Gasteiger partial charge in [0.05, 0.1) is 0 Å². The second-order valence-corrected chi connectivity index (χ2v) is 5.64. The van der Waals surface area contributed by atoms with E-state index in [4.69, 9.17) is 11.6 Å². The van der Waals surface area contributed by atoms with Gasteiger partial charge < -0.3 is 5.32 Å². The van der Waals surface area contributed by atoms with E-state index >= 15 is 0 Å². The summed E-state index contributed by atoms with van der Waals surface area (Å²) in [6.07, 6.45) is 5.27. The number of aryl methyl sites for hydroxylation is 1. The van der Waals surface area contributed by atoms with Gasteiger partial charge in [0, 0.05) is 19.0 Å². The Kier molecular flexibility index (Phi) is 4.47. The minimum absolute atomic E-state index is 0.365. The summed E-state index contributed by atoms with van der Waals surface area (Å²) in [5, 5.41) is 3.59. The summed E-state index contributed by atoms with van der Waals surface area (Å²) in [4.78, 5) is 0. The fourth-order valence-electron chi connectivity index (χ4n) is 2.75. The minimum atomic E-state index is 0.365. The summed E-state index contributed by atoms with van der Waals surface area (Å²) >= 11 is 6.14. The number of hydrogen-bond acceptors (Lipinski definition) is 1. The van der Waals surface area contributed by atoms with E-state index in [9.17, 15) is 0 Å². The van der Waals surface area contributed by atoms with Crippen LogP contribution in [0.5, 0.6) is 0 Å². The van der Waals surface area contributed by atoms with Gasteiger partial charge >= 0.3 is 0 Å². The van der Waals surface area contributed by atoms with Gasteiger partial charge in [0.2, 0.25) is 0 Å².